The lowest BCUT2D eigenvalue weighted by atomic mass is 9.95. The van der Waals surface area contributed by atoms with Gasteiger partial charge in [0.2, 0.25) is 5.88 Å². The van der Waals surface area contributed by atoms with Crippen LogP contribution in [0.15, 0.2) is 46.5 Å². The fourth-order valence-electron chi connectivity index (χ4n) is 4.16. The highest BCUT2D eigenvalue weighted by molar-refractivity contribution is 7.11. The third-order valence-corrected chi connectivity index (χ3v) is 6.97. The number of thiazole rings is 1. The first-order valence-corrected chi connectivity index (χ1v) is 11.2. The van der Waals surface area contributed by atoms with Gasteiger partial charge in [-0.3, -0.25) is 9.36 Å². The van der Waals surface area contributed by atoms with Gasteiger partial charge in [-0.1, -0.05) is 42.2 Å². The number of fused-ring (bicyclic) bond motifs is 1. The van der Waals surface area contributed by atoms with Crippen molar-refractivity contribution in [3.8, 4) is 5.88 Å². The number of aromatic nitrogens is 2. The van der Waals surface area contributed by atoms with Gasteiger partial charge in [-0.05, 0) is 43.2 Å². The molecule has 5 rings (SSSR count). The van der Waals surface area contributed by atoms with Crippen LogP contribution in [0.25, 0.3) is 5.57 Å². The van der Waals surface area contributed by atoms with E-state index in [1.165, 1.54) is 29.5 Å². The van der Waals surface area contributed by atoms with Gasteiger partial charge in [-0.25, -0.2) is 19.4 Å². The summed E-state index contributed by atoms with van der Waals surface area (Å²) in [7, 11) is 0. The summed E-state index contributed by atoms with van der Waals surface area (Å²) in [5.41, 5.74) is 0.667. The van der Waals surface area contributed by atoms with Crippen LogP contribution in [-0.2, 0) is 4.79 Å². The summed E-state index contributed by atoms with van der Waals surface area (Å²) in [5, 5.41) is 12.3. The third kappa shape index (κ3) is 3.59. The molecule has 31 heavy (non-hydrogen) atoms. The molecule has 1 aliphatic carbocycles. The second-order valence-corrected chi connectivity index (χ2v) is 8.91. The van der Waals surface area contributed by atoms with E-state index in [0.717, 1.165) is 32.1 Å². The first-order chi connectivity index (χ1) is 15.0. The van der Waals surface area contributed by atoms with Crippen molar-refractivity contribution in [2.75, 3.05) is 0 Å². The van der Waals surface area contributed by atoms with Gasteiger partial charge < -0.3 is 5.11 Å². The van der Waals surface area contributed by atoms with E-state index in [9.17, 15) is 14.3 Å². The molecule has 1 amide bonds. The maximum atomic E-state index is 13.9. The number of pyridine rings is 1. The molecule has 1 N–H and O–H groups in total. The molecule has 1 saturated carbocycles. The Balaban J connectivity index is 1.78. The largest absolute Gasteiger partial charge is 0.493 e. The molecule has 0 bridgehead atoms. The fourth-order valence-corrected chi connectivity index (χ4v) is 5.47. The first kappa shape index (κ1) is 20.1. The maximum absolute atomic E-state index is 13.9. The van der Waals surface area contributed by atoms with Gasteiger partial charge in [0, 0.05) is 17.5 Å². The van der Waals surface area contributed by atoms with Crippen molar-refractivity contribution < 1.29 is 14.3 Å². The lowest BCUT2D eigenvalue weighted by Crippen LogP contribution is -2.23. The summed E-state index contributed by atoms with van der Waals surface area (Å²) in [5.74, 6) is -1.02. The number of amides is 1. The van der Waals surface area contributed by atoms with E-state index in [1.807, 2.05) is 0 Å². The Labute approximate surface area is 185 Å². The topological polar surface area (TPSA) is 79.8 Å². The monoisotopic (exact) mass is 456 g/mol. The normalized spacial score (nSPS) is 17.2. The van der Waals surface area contributed by atoms with E-state index in [1.54, 1.807) is 22.9 Å². The summed E-state index contributed by atoms with van der Waals surface area (Å²) < 4.78 is 15.7. The van der Waals surface area contributed by atoms with Gasteiger partial charge >= 0.3 is 0 Å². The molecule has 0 radical (unpaired) electrons. The predicted octanol–water partition coefficient (Wildman–Crippen LogP) is 3.54. The molecule has 1 aliphatic heterocycles. The third-order valence-electron chi connectivity index (χ3n) is 5.62. The number of hydrogen-bond acceptors (Lipinski definition) is 5. The van der Waals surface area contributed by atoms with Crippen molar-refractivity contribution in [3.05, 3.63) is 67.8 Å². The standard InChI is InChI=1S/C22H18ClFN4O2S/c23-19-16(7-4-10-25-19)27-22-28(13-5-2-1-3-6-13)21(30)18(31-22)17-14-11-12(24)8-9-15(14)26-20(17)29/h4,7-11,13,30H,1-3,5-6H2. The van der Waals surface area contributed by atoms with Crippen LogP contribution in [-0.4, -0.2) is 20.6 Å². The molecule has 0 atom stereocenters. The molecule has 1 aromatic carbocycles. The van der Waals surface area contributed by atoms with Gasteiger partial charge in [0.1, 0.15) is 16.4 Å². The molecule has 0 saturated heterocycles. The average Bonchev–Trinajstić information content (AvgIpc) is 3.25. The van der Waals surface area contributed by atoms with Crippen LogP contribution >= 0.6 is 22.9 Å². The van der Waals surface area contributed by atoms with Crippen LogP contribution < -0.4 is 15.4 Å². The Hall–Kier alpha value is -2.84. The molecule has 9 heteroatoms. The quantitative estimate of drug-likeness (QED) is 0.612. The van der Waals surface area contributed by atoms with Crippen molar-refractivity contribution in [1.82, 2.24) is 9.55 Å². The Morgan fingerprint density at radius 1 is 1.23 bits per heavy atom. The zero-order valence-corrected chi connectivity index (χ0v) is 18.0. The summed E-state index contributed by atoms with van der Waals surface area (Å²) in [6, 6.07) is 7.53. The Kier molecular flexibility index (Phi) is 5.19. The first-order valence-electron chi connectivity index (χ1n) is 10.1. The number of carbonyl (C=O) groups excluding carboxylic acids is 1. The Bertz CT molecular complexity index is 1390. The van der Waals surface area contributed by atoms with E-state index in [4.69, 9.17) is 11.6 Å². The molecule has 1 fully saturated rings. The average molecular weight is 457 g/mol. The van der Waals surface area contributed by atoms with Crippen molar-refractivity contribution in [2.45, 2.75) is 38.1 Å². The predicted molar refractivity (Wildman–Crippen MR) is 115 cm³/mol. The summed E-state index contributed by atoms with van der Waals surface area (Å²) in [6.45, 7) is 0. The van der Waals surface area contributed by atoms with Gasteiger partial charge in [0.15, 0.2) is 9.95 Å². The number of halogens is 2. The molecule has 0 spiro atoms. The van der Waals surface area contributed by atoms with E-state index >= 15 is 0 Å². The van der Waals surface area contributed by atoms with Crippen LogP contribution in [0.4, 0.5) is 10.1 Å². The summed E-state index contributed by atoms with van der Waals surface area (Å²) >= 11 is 7.38. The maximum Gasteiger partial charge on any atom is 0.279 e. The highest BCUT2D eigenvalue weighted by Gasteiger charge is 2.29. The lowest BCUT2D eigenvalue weighted by molar-refractivity contribution is -0.112. The van der Waals surface area contributed by atoms with E-state index in [0.29, 0.717) is 25.9 Å². The van der Waals surface area contributed by atoms with Gasteiger partial charge in [-0.2, -0.15) is 0 Å². The number of carbonyl (C=O) groups is 1. The van der Waals surface area contributed by atoms with Gasteiger partial charge in [0.25, 0.3) is 5.91 Å². The number of hydrogen-bond donors (Lipinski definition) is 1. The summed E-state index contributed by atoms with van der Waals surface area (Å²) in [6.07, 6.45) is 6.63. The van der Waals surface area contributed by atoms with Gasteiger partial charge in [-0.15, -0.1) is 0 Å². The van der Waals surface area contributed by atoms with E-state index in [-0.39, 0.29) is 22.6 Å². The second kappa shape index (κ2) is 8.01. The fraction of sp³-hybridized carbons (Fsp3) is 0.273. The van der Waals surface area contributed by atoms with Gasteiger partial charge in [0.05, 0.1) is 10.9 Å². The van der Waals surface area contributed by atoms with Crippen LogP contribution in [0.1, 0.15) is 43.0 Å². The molecular weight excluding hydrogens is 439 g/mol. The smallest absolute Gasteiger partial charge is 0.279 e. The second-order valence-electron chi connectivity index (χ2n) is 7.58. The minimum atomic E-state index is -0.501. The van der Waals surface area contributed by atoms with Crippen molar-refractivity contribution in [2.24, 2.45) is 9.98 Å². The summed E-state index contributed by atoms with van der Waals surface area (Å²) in [4.78, 5) is 26.3. The molecule has 158 valence electrons. The number of aromatic hydroxyl groups is 1. The van der Waals surface area contributed by atoms with Crippen molar-refractivity contribution in [1.29, 1.82) is 0 Å². The highest BCUT2D eigenvalue weighted by Crippen LogP contribution is 2.36. The van der Waals surface area contributed by atoms with E-state index < -0.39 is 11.7 Å². The molecular formula is C22H18ClFN4O2S. The zero-order valence-electron chi connectivity index (χ0n) is 16.4. The minimum absolute atomic E-state index is 0.0497. The SMILES string of the molecule is O=C1N=c2ccc(F)cc2=C1c1sc(=Nc2cccnc2Cl)n(C2CCCCC2)c1O. The number of benzene rings is 1. The molecule has 0 unspecified atom stereocenters. The molecule has 3 heterocycles. The van der Waals surface area contributed by atoms with E-state index in [2.05, 4.69) is 15.0 Å². The number of rotatable bonds is 3. The molecule has 2 aliphatic rings. The zero-order chi connectivity index (χ0) is 21.5. The Morgan fingerprint density at radius 3 is 2.81 bits per heavy atom. The molecule has 6 nitrogen and oxygen atoms in total. The van der Waals surface area contributed by atoms with Crippen molar-refractivity contribution in [3.63, 3.8) is 0 Å². The van der Waals surface area contributed by atoms with Crippen LogP contribution in [0.2, 0.25) is 5.15 Å². The van der Waals surface area contributed by atoms with Crippen LogP contribution in [0.5, 0.6) is 5.88 Å². The van der Waals surface area contributed by atoms with Crippen LogP contribution in [0.3, 0.4) is 0 Å². The van der Waals surface area contributed by atoms with Crippen LogP contribution in [0, 0.1) is 5.82 Å². The Morgan fingerprint density at radius 2 is 2.03 bits per heavy atom. The van der Waals surface area contributed by atoms with Crippen molar-refractivity contribution >= 4 is 40.1 Å². The number of nitrogens with zero attached hydrogens (tertiary/aromatic N) is 4. The highest BCUT2D eigenvalue weighted by atomic mass is 35.5. The lowest BCUT2D eigenvalue weighted by Gasteiger charge is -2.23. The molecule has 3 aromatic rings. The minimum Gasteiger partial charge on any atom is -0.493 e. The molecule has 2 aromatic heterocycles.